The van der Waals surface area contributed by atoms with Crippen LogP contribution in [-0.4, -0.2) is 44.2 Å². The number of allylic oxidation sites excluding steroid dienone is 1. The van der Waals surface area contributed by atoms with E-state index in [4.69, 9.17) is 4.74 Å². The van der Waals surface area contributed by atoms with Crippen molar-refractivity contribution in [1.82, 2.24) is 19.9 Å². The third-order valence-electron chi connectivity index (χ3n) is 5.01. The number of aryl methyl sites for hydroxylation is 1. The third kappa shape index (κ3) is 5.03. The molecule has 2 aromatic heterocycles. The molecule has 8 nitrogen and oxygen atoms in total. The molecule has 0 fully saturated rings. The lowest BCUT2D eigenvalue weighted by atomic mass is 10.1. The lowest BCUT2D eigenvalue weighted by Crippen LogP contribution is -2.38. The Bertz CT molecular complexity index is 1150. The average molecular weight is 458 g/mol. The van der Waals surface area contributed by atoms with Crippen molar-refractivity contribution in [2.75, 3.05) is 18.5 Å². The summed E-state index contributed by atoms with van der Waals surface area (Å²) in [4.78, 5) is 21.8. The summed E-state index contributed by atoms with van der Waals surface area (Å²) in [6.07, 6.45) is 3.51. The number of hydrogen-bond acceptors (Lipinski definition) is 6. The summed E-state index contributed by atoms with van der Waals surface area (Å²) in [6.45, 7) is 7.93. The van der Waals surface area contributed by atoms with Crippen molar-refractivity contribution in [2.24, 2.45) is 0 Å². The van der Waals surface area contributed by atoms with Gasteiger partial charge in [-0.05, 0) is 32.9 Å². The van der Waals surface area contributed by atoms with Gasteiger partial charge in [-0.1, -0.05) is 12.1 Å². The van der Waals surface area contributed by atoms with Crippen LogP contribution in [0.3, 0.4) is 0 Å². The van der Waals surface area contributed by atoms with Gasteiger partial charge in [-0.25, -0.2) is 4.98 Å². The number of aromatic nitrogens is 3. The monoisotopic (exact) mass is 457 g/mol. The summed E-state index contributed by atoms with van der Waals surface area (Å²) in [7, 11) is 0. The zero-order valence-corrected chi connectivity index (χ0v) is 19.2. The lowest BCUT2D eigenvalue weighted by molar-refractivity contribution is -0.111. The van der Waals surface area contributed by atoms with Gasteiger partial charge in [-0.2, -0.15) is 0 Å². The summed E-state index contributed by atoms with van der Waals surface area (Å²) in [6, 6.07) is 9.40. The molecule has 0 unspecified atom stereocenters. The van der Waals surface area contributed by atoms with Gasteiger partial charge >= 0.3 is 0 Å². The smallest absolute Gasteiger partial charge is 0.263 e. The number of imidazole rings is 1. The molecule has 170 valence electrons. The first-order valence-electron chi connectivity index (χ1n) is 10.3. The number of benzene rings is 1. The van der Waals surface area contributed by atoms with Crippen LogP contribution < -0.4 is 15.4 Å². The summed E-state index contributed by atoms with van der Waals surface area (Å²) in [5, 5.41) is 16.7. The molecule has 1 aliphatic rings. The van der Waals surface area contributed by atoms with E-state index in [1.54, 1.807) is 12.3 Å². The fraction of sp³-hybridized carbons (Fsp3) is 0.348. The fourth-order valence-corrected chi connectivity index (χ4v) is 3.57. The fourth-order valence-electron chi connectivity index (χ4n) is 3.57. The van der Waals surface area contributed by atoms with Gasteiger partial charge in [0.05, 0.1) is 17.2 Å². The molecule has 0 aliphatic carbocycles. The van der Waals surface area contributed by atoms with Gasteiger partial charge in [-0.3, -0.25) is 9.78 Å². The number of carbonyl (C=O) groups excluding carboxylic acids is 1. The Labute approximate surface area is 193 Å². The van der Waals surface area contributed by atoms with Crippen LogP contribution in [0.25, 0.3) is 16.6 Å². The summed E-state index contributed by atoms with van der Waals surface area (Å²) in [5.74, 6) is 0.562. The third-order valence-corrected chi connectivity index (χ3v) is 5.01. The first-order chi connectivity index (χ1) is 14.8. The minimum Gasteiger partial charge on any atom is -0.511 e. The number of halogens is 1. The van der Waals surface area contributed by atoms with Crippen molar-refractivity contribution >= 4 is 40.6 Å². The van der Waals surface area contributed by atoms with Crippen molar-refractivity contribution in [3.05, 3.63) is 54.3 Å². The minimum absolute atomic E-state index is 0. The van der Waals surface area contributed by atoms with E-state index in [-0.39, 0.29) is 29.3 Å². The van der Waals surface area contributed by atoms with Gasteiger partial charge < -0.3 is 25.0 Å². The summed E-state index contributed by atoms with van der Waals surface area (Å²) < 4.78 is 7.81. The van der Waals surface area contributed by atoms with Gasteiger partial charge in [0.25, 0.3) is 5.91 Å². The number of anilines is 1. The molecule has 0 atom stereocenters. The van der Waals surface area contributed by atoms with Crippen molar-refractivity contribution in [2.45, 2.75) is 39.3 Å². The number of amides is 1. The Kier molecular flexibility index (Phi) is 7.06. The number of para-hydroxylation sites is 2. The SMILES string of the molecule is CC(C)(C)NCCOc1ccncc1NC(=O)C1=C(O)CCn2c1nc1ccccc12.Cl. The van der Waals surface area contributed by atoms with Gasteiger partial charge in [0, 0.05) is 37.3 Å². The molecule has 0 saturated carbocycles. The number of rotatable bonds is 6. The number of fused-ring (bicyclic) bond motifs is 3. The van der Waals surface area contributed by atoms with Crippen molar-refractivity contribution in [3.8, 4) is 5.75 Å². The number of hydrogen-bond donors (Lipinski definition) is 3. The van der Waals surface area contributed by atoms with Gasteiger partial charge in [-0.15, -0.1) is 12.4 Å². The first kappa shape index (κ1) is 23.6. The van der Waals surface area contributed by atoms with E-state index in [1.807, 2.05) is 28.8 Å². The molecule has 1 amide bonds. The predicted molar refractivity (Wildman–Crippen MR) is 127 cm³/mol. The predicted octanol–water partition coefficient (Wildman–Crippen LogP) is 3.93. The quantitative estimate of drug-likeness (QED) is 0.485. The van der Waals surface area contributed by atoms with E-state index in [9.17, 15) is 9.90 Å². The van der Waals surface area contributed by atoms with Gasteiger partial charge in [0.2, 0.25) is 0 Å². The van der Waals surface area contributed by atoms with Crippen LogP contribution in [0.1, 0.15) is 33.0 Å². The molecule has 0 radical (unpaired) electrons. The molecule has 0 bridgehead atoms. The standard InChI is InChI=1S/C23H27N5O3.ClH/c1-23(2,3)25-11-13-31-19-8-10-24-14-16(19)27-22(30)20-18(29)9-12-28-17-7-5-4-6-15(17)26-21(20)28;/h4-8,10,14,25,29H,9,11-13H2,1-3H3,(H,27,30);1H. The number of ether oxygens (including phenoxy) is 1. The molecule has 4 rings (SSSR count). The highest BCUT2D eigenvalue weighted by molar-refractivity contribution is 6.25. The number of nitrogens with zero attached hydrogens (tertiary/aromatic N) is 3. The van der Waals surface area contributed by atoms with E-state index >= 15 is 0 Å². The molecule has 3 aromatic rings. The van der Waals surface area contributed by atoms with E-state index in [0.29, 0.717) is 43.4 Å². The maximum absolute atomic E-state index is 13.2. The van der Waals surface area contributed by atoms with Crippen LogP contribution in [-0.2, 0) is 11.3 Å². The highest BCUT2D eigenvalue weighted by atomic mass is 35.5. The van der Waals surface area contributed by atoms with E-state index in [1.165, 1.54) is 6.20 Å². The second-order valence-electron chi connectivity index (χ2n) is 8.50. The van der Waals surface area contributed by atoms with E-state index < -0.39 is 5.91 Å². The number of nitrogens with one attached hydrogen (secondary N) is 2. The van der Waals surface area contributed by atoms with Gasteiger partial charge in [0.1, 0.15) is 35.2 Å². The largest absolute Gasteiger partial charge is 0.511 e. The van der Waals surface area contributed by atoms with Crippen molar-refractivity contribution < 1.29 is 14.6 Å². The average Bonchev–Trinajstić information content (AvgIpc) is 3.09. The van der Waals surface area contributed by atoms with Crippen molar-refractivity contribution in [1.29, 1.82) is 0 Å². The normalized spacial score (nSPS) is 13.5. The van der Waals surface area contributed by atoms with Crippen LogP contribution in [0.5, 0.6) is 5.75 Å². The van der Waals surface area contributed by atoms with Crippen LogP contribution in [0, 0.1) is 0 Å². The zero-order chi connectivity index (χ0) is 22.0. The molecule has 3 heterocycles. The zero-order valence-electron chi connectivity index (χ0n) is 18.4. The molecule has 3 N–H and O–H groups in total. The Morgan fingerprint density at radius 3 is 2.81 bits per heavy atom. The maximum Gasteiger partial charge on any atom is 0.263 e. The summed E-state index contributed by atoms with van der Waals surface area (Å²) >= 11 is 0. The molecule has 1 aliphatic heterocycles. The molecular formula is C23H28ClN5O3. The number of aliphatic hydroxyl groups excluding tert-OH is 1. The molecule has 1 aromatic carbocycles. The van der Waals surface area contributed by atoms with Crippen LogP contribution >= 0.6 is 12.4 Å². The second kappa shape index (κ2) is 9.58. The molecule has 32 heavy (non-hydrogen) atoms. The molecular weight excluding hydrogens is 430 g/mol. The van der Waals surface area contributed by atoms with Crippen LogP contribution in [0.4, 0.5) is 5.69 Å². The minimum atomic E-state index is -0.445. The Hall–Kier alpha value is -3.10. The molecule has 9 heteroatoms. The maximum atomic E-state index is 13.2. The molecule has 0 spiro atoms. The van der Waals surface area contributed by atoms with Crippen molar-refractivity contribution in [3.63, 3.8) is 0 Å². The number of carbonyl (C=O) groups is 1. The lowest BCUT2D eigenvalue weighted by Gasteiger charge is -2.21. The molecule has 0 saturated heterocycles. The first-order valence-corrected chi connectivity index (χ1v) is 10.3. The summed E-state index contributed by atoms with van der Waals surface area (Å²) in [5.41, 5.74) is 2.33. The van der Waals surface area contributed by atoms with E-state index in [2.05, 4.69) is 41.4 Å². The highest BCUT2D eigenvalue weighted by Gasteiger charge is 2.28. The van der Waals surface area contributed by atoms with Crippen LogP contribution in [0.15, 0.2) is 48.5 Å². The van der Waals surface area contributed by atoms with Gasteiger partial charge in [0.15, 0.2) is 0 Å². The Balaban J connectivity index is 0.00000289. The van der Waals surface area contributed by atoms with E-state index in [0.717, 1.165) is 11.0 Å². The van der Waals surface area contributed by atoms with Crippen LogP contribution in [0.2, 0.25) is 0 Å². The highest BCUT2D eigenvalue weighted by Crippen LogP contribution is 2.31. The Morgan fingerprint density at radius 2 is 2.03 bits per heavy atom. The number of pyridine rings is 1. The number of aliphatic hydroxyl groups is 1. The second-order valence-corrected chi connectivity index (χ2v) is 8.50. The Morgan fingerprint density at radius 1 is 1.25 bits per heavy atom. The topological polar surface area (TPSA) is 101 Å².